The molecule has 2 atom stereocenters. The predicted octanol–water partition coefficient (Wildman–Crippen LogP) is 2.34. The average Bonchev–Trinajstić information content (AvgIpc) is 3.00. The van der Waals surface area contributed by atoms with Crippen molar-refractivity contribution in [3.8, 4) is 5.75 Å². The number of morpholine rings is 1. The van der Waals surface area contributed by atoms with Crippen LogP contribution in [-0.2, 0) is 4.74 Å². The Balaban J connectivity index is 2.05. The van der Waals surface area contributed by atoms with Crippen molar-refractivity contribution in [2.24, 2.45) is 0 Å². The number of nitro benzene ring substituents is 1. The first kappa shape index (κ1) is 12.7. The molecule has 102 valence electrons. The first-order chi connectivity index (χ1) is 9.10. The Hall–Kier alpha value is -1.34. The van der Waals surface area contributed by atoms with Crippen molar-refractivity contribution in [2.45, 2.75) is 18.6 Å². The summed E-state index contributed by atoms with van der Waals surface area (Å²) < 4.78 is 11.4. The van der Waals surface area contributed by atoms with Crippen LogP contribution in [-0.4, -0.2) is 37.3 Å². The molecule has 2 bridgehead atoms. The number of fused-ring (bicyclic) bond motifs is 2. The zero-order valence-corrected chi connectivity index (χ0v) is 11.9. The summed E-state index contributed by atoms with van der Waals surface area (Å²) in [5, 5.41) is 11.2. The first-order valence-corrected chi connectivity index (χ1v) is 6.79. The van der Waals surface area contributed by atoms with E-state index in [0.717, 1.165) is 6.42 Å². The first-order valence-electron chi connectivity index (χ1n) is 6.00. The molecular formula is C12H13BrN2O4. The molecule has 0 aliphatic carbocycles. The monoisotopic (exact) mass is 328 g/mol. The smallest absolute Gasteiger partial charge is 0.293 e. The van der Waals surface area contributed by atoms with E-state index in [1.54, 1.807) is 13.2 Å². The van der Waals surface area contributed by atoms with Gasteiger partial charge >= 0.3 is 0 Å². The van der Waals surface area contributed by atoms with Crippen molar-refractivity contribution in [2.75, 3.05) is 25.2 Å². The molecule has 2 fully saturated rings. The summed E-state index contributed by atoms with van der Waals surface area (Å²) in [5.41, 5.74) is 0.709. The second-order valence-corrected chi connectivity index (χ2v) is 5.58. The van der Waals surface area contributed by atoms with Crippen LogP contribution in [0.5, 0.6) is 5.75 Å². The molecule has 0 N–H and O–H groups in total. The second-order valence-electron chi connectivity index (χ2n) is 4.73. The van der Waals surface area contributed by atoms with E-state index in [9.17, 15) is 10.1 Å². The van der Waals surface area contributed by atoms with Gasteiger partial charge in [-0.1, -0.05) is 0 Å². The van der Waals surface area contributed by atoms with Gasteiger partial charge in [-0.2, -0.15) is 0 Å². The van der Waals surface area contributed by atoms with Crippen LogP contribution in [0.4, 0.5) is 11.4 Å². The van der Waals surface area contributed by atoms with E-state index >= 15 is 0 Å². The van der Waals surface area contributed by atoms with Gasteiger partial charge in [0.1, 0.15) is 11.4 Å². The van der Waals surface area contributed by atoms with Crippen LogP contribution in [0, 0.1) is 10.1 Å². The summed E-state index contributed by atoms with van der Waals surface area (Å²) in [7, 11) is 1.55. The fourth-order valence-electron chi connectivity index (χ4n) is 2.76. The molecule has 1 aromatic rings. The van der Waals surface area contributed by atoms with Gasteiger partial charge in [0.2, 0.25) is 0 Å². The highest BCUT2D eigenvalue weighted by Gasteiger charge is 2.41. The van der Waals surface area contributed by atoms with E-state index in [1.165, 1.54) is 6.07 Å². The van der Waals surface area contributed by atoms with Gasteiger partial charge in [-0.25, -0.2) is 0 Å². The number of hydrogen-bond donors (Lipinski definition) is 0. The Morgan fingerprint density at radius 2 is 2.37 bits per heavy atom. The van der Waals surface area contributed by atoms with Gasteiger partial charge < -0.3 is 14.4 Å². The second kappa shape index (κ2) is 4.64. The number of halogens is 1. The van der Waals surface area contributed by atoms with Gasteiger partial charge in [-0.3, -0.25) is 10.1 Å². The van der Waals surface area contributed by atoms with Gasteiger partial charge in [-0.05, 0) is 22.4 Å². The highest BCUT2D eigenvalue weighted by atomic mass is 79.9. The minimum atomic E-state index is -0.355. The Morgan fingerprint density at radius 1 is 1.58 bits per heavy atom. The topological polar surface area (TPSA) is 64.8 Å². The zero-order valence-electron chi connectivity index (χ0n) is 10.3. The molecule has 3 rings (SSSR count). The number of nitrogens with zero attached hydrogens (tertiary/aromatic N) is 2. The third-order valence-corrected chi connectivity index (χ3v) is 4.28. The molecule has 1 aromatic carbocycles. The predicted molar refractivity (Wildman–Crippen MR) is 72.8 cm³/mol. The Morgan fingerprint density at radius 3 is 2.89 bits per heavy atom. The Bertz CT molecular complexity index is 537. The molecule has 0 aromatic heterocycles. The summed E-state index contributed by atoms with van der Waals surface area (Å²) in [4.78, 5) is 12.9. The number of ether oxygens (including phenoxy) is 2. The highest BCUT2D eigenvalue weighted by Crippen LogP contribution is 2.42. The number of methoxy groups -OCH3 is 1. The SMILES string of the molecule is COc1cc(N2C[C@H]3C[C@@H]2CO3)c([N+](=O)[O-])cc1Br. The van der Waals surface area contributed by atoms with E-state index in [2.05, 4.69) is 20.8 Å². The fraction of sp³-hybridized carbons (Fsp3) is 0.500. The van der Waals surface area contributed by atoms with Gasteiger partial charge in [0.25, 0.3) is 5.69 Å². The number of hydrogen-bond acceptors (Lipinski definition) is 5. The number of anilines is 1. The third kappa shape index (κ3) is 2.06. The molecule has 2 aliphatic rings. The van der Waals surface area contributed by atoms with Crippen LogP contribution in [0.1, 0.15) is 6.42 Å². The lowest BCUT2D eigenvalue weighted by molar-refractivity contribution is -0.384. The lowest BCUT2D eigenvalue weighted by atomic mass is 10.2. The maximum Gasteiger partial charge on any atom is 0.293 e. The maximum absolute atomic E-state index is 11.2. The van der Waals surface area contributed by atoms with Gasteiger partial charge in [0, 0.05) is 18.7 Å². The fourth-order valence-corrected chi connectivity index (χ4v) is 3.25. The summed E-state index contributed by atoms with van der Waals surface area (Å²) in [6.07, 6.45) is 1.13. The minimum Gasteiger partial charge on any atom is -0.495 e. The molecule has 6 nitrogen and oxygen atoms in total. The van der Waals surface area contributed by atoms with Crippen LogP contribution in [0.3, 0.4) is 0 Å². The van der Waals surface area contributed by atoms with Crippen LogP contribution in [0.2, 0.25) is 0 Å². The summed E-state index contributed by atoms with van der Waals surface area (Å²) in [5.74, 6) is 0.601. The van der Waals surface area contributed by atoms with Crippen molar-refractivity contribution in [1.82, 2.24) is 0 Å². The molecule has 19 heavy (non-hydrogen) atoms. The van der Waals surface area contributed by atoms with Crippen LogP contribution in [0.25, 0.3) is 0 Å². The lowest BCUT2D eigenvalue weighted by Gasteiger charge is -2.28. The normalized spacial score (nSPS) is 24.8. The zero-order chi connectivity index (χ0) is 13.6. The molecule has 0 saturated carbocycles. The number of benzene rings is 1. The van der Waals surface area contributed by atoms with Crippen LogP contribution in [0.15, 0.2) is 16.6 Å². The van der Waals surface area contributed by atoms with Gasteiger partial charge in [-0.15, -0.1) is 0 Å². The molecule has 0 unspecified atom stereocenters. The molecule has 0 radical (unpaired) electrons. The highest BCUT2D eigenvalue weighted by molar-refractivity contribution is 9.10. The standard InChI is InChI=1S/C12H13BrN2O4/c1-18-12-4-10(11(15(16)17)3-9(12)13)14-5-8-2-7(14)6-19-8/h3-4,7-8H,2,5-6H2,1H3/t7-,8-/m1/s1. The van der Waals surface area contributed by atoms with Crippen molar-refractivity contribution in [1.29, 1.82) is 0 Å². The third-order valence-electron chi connectivity index (χ3n) is 3.66. The number of rotatable bonds is 3. The molecule has 2 saturated heterocycles. The summed E-state index contributed by atoms with van der Waals surface area (Å²) >= 11 is 3.29. The molecule has 7 heteroatoms. The van der Waals surface area contributed by atoms with Crippen molar-refractivity contribution in [3.63, 3.8) is 0 Å². The maximum atomic E-state index is 11.2. The quantitative estimate of drug-likeness (QED) is 0.629. The van der Waals surface area contributed by atoms with E-state index in [-0.39, 0.29) is 22.8 Å². The van der Waals surface area contributed by atoms with Crippen molar-refractivity contribution >= 4 is 27.3 Å². The van der Waals surface area contributed by atoms with E-state index < -0.39 is 0 Å². The van der Waals surface area contributed by atoms with E-state index in [0.29, 0.717) is 29.1 Å². The van der Waals surface area contributed by atoms with Crippen molar-refractivity contribution in [3.05, 3.63) is 26.7 Å². The molecule has 2 heterocycles. The largest absolute Gasteiger partial charge is 0.495 e. The minimum absolute atomic E-state index is 0.0974. The molecule has 0 amide bonds. The summed E-state index contributed by atoms with van der Waals surface area (Å²) in [6, 6.07) is 3.46. The number of nitro groups is 1. The average molecular weight is 329 g/mol. The molecular weight excluding hydrogens is 316 g/mol. The van der Waals surface area contributed by atoms with Crippen LogP contribution < -0.4 is 9.64 Å². The lowest BCUT2D eigenvalue weighted by Crippen LogP contribution is -2.37. The molecule has 2 aliphatic heterocycles. The Labute approximate surface area is 118 Å². The molecule has 0 spiro atoms. The van der Waals surface area contributed by atoms with Crippen molar-refractivity contribution < 1.29 is 14.4 Å². The summed E-state index contributed by atoms with van der Waals surface area (Å²) in [6.45, 7) is 1.34. The van der Waals surface area contributed by atoms with Gasteiger partial charge in [0.15, 0.2) is 0 Å². The van der Waals surface area contributed by atoms with Crippen LogP contribution >= 0.6 is 15.9 Å². The van der Waals surface area contributed by atoms with E-state index in [4.69, 9.17) is 9.47 Å². The Kier molecular flexibility index (Phi) is 3.10. The van der Waals surface area contributed by atoms with Gasteiger partial charge in [0.05, 0.1) is 35.3 Å². The van der Waals surface area contributed by atoms with E-state index in [1.807, 2.05) is 0 Å².